The van der Waals surface area contributed by atoms with Crippen LogP contribution >= 0.6 is 11.3 Å². The van der Waals surface area contributed by atoms with Gasteiger partial charge in [-0.15, -0.1) is 11.3 Å². The summed E-state index contributed by atoms with van der Waals surface area (Å²) in [4.78, 5) is 13.4. The summed E-state index contributed by atoms with van der Waals surface area (Å²) in [6, 6.07) is 5.62. The van der Waals surface area contributed by atoms with E-state index in [9.17, 15) is 9.90 Å². The zero-order valence-corrected chi connectivity index (χ0v) is 12.9. The van der Waals surface area contributed by atoms with E-state index in [1.165, 1.54) is 4.68 Å². The van der Waals surface area contributed by atoms with Gasteiger partial charge in [0.05, 0.1) is 16.0 Å². The molecular formula is C15H20N2O2S. The number of unbranched alkanes of at least 4 members (excludes halogenated alkanes) is 1. The van der Waals surface area contributed by atoms with E-state index < -0.39 is 5.60 Å². The Balaban J connectivity index is 2.57. The van der Waals surface area contributed by atoms with E-state index in [0.717, 1.165) is 23.4 Å². The largest absolute Gasteiger partial charge is 0.386 e. The molecule has 0 spiro atoms. The summed E-state index contributed by atoms with van der Waals surface area (Å²) in [5, 5.41) is 16.6. The molecule has 108 valence electrons. The van der Waals surface area contributed by atoms with Gasteiger partial charge in [-0.25, -0.2) is 4.68 Å². The van der Waals surface area contributed by atoms with Crippen LogP contribution in [-0.2, 0) is 12.1 Å². The molecule has 2 aromatic heterocycles. The number of thiophene rings is 1. The number of aryl methyl sites for hydroxylation is 1. The molecule has 0 saturated carbocycles. The van der Waals surface area contributed by atoms with Crippen LogP contribution in [-0.4, -0.2) is 14.9 Å². The van der Waals surface area contributed by atoms with Crippen LogP contribution in [0.1, 0.15) is 39.2 Å². The van der Waals surface area contributed by atoms with Gasteiger partial charge in [0.25, 0.3) is 5.56 Å². The van der Waals surface area contributed by atoms with Crippen molar-refractivity contribution in [2.75, 3.05) is 0 Å². The first-order valence-corrected chi connectivity index (χ1v) is 7.70. The lowest BCUT2D eigenvalue weighted by atomic mass is 9.99. The van der Waals surface area contributed by atoms with Gasteiger partial charge in [-0.2, -0.15) is 5.10 Å². The second kappa shape index (κ2) is 5.89. The SMILES string of the molecule is CCCCn1nc(-c2cccs2)cc(C(C)(C)O)c1=O. The second-order valence-electron chi connectivity index (χ2n) is 5.36. The molecule has 2 rings (SSSR count). The summed E-state index contributed by atoms with van der Waals surface area (Å²) < 4.78 is 1.48. The van der Waals surface area contributed by atoms with Crippen molar-refractivity contribution < 1.29 is 5.11 Å². The summed E-state index contributed by atoms with van der Waals surface area (Å²) in [5.41, 5.74) is -0.230. The maximum absolute atomic E-state index is 12.4. The number of aromatic nitrogens is 2. The molecule has 0 amide bonds. The molecule has 2 heterocycles. The molecular weight excluding hydrogens is 272 g/mol. The molecule has 0 aliphatic carbocycles. The first-order chi connectivity index (χ1) is 9.43. The van der Waals surface area contributed by atoms with E-state index in [1.807, 2.05) is 17.5 Å². The molecule has 0 radical (unpaired) electrons. The Hall–Kier alpha value is -1.46. The maximum Gasteiger partial charge on any atom is 0.272 e. The molecule has 0 atom stereocenters. The zero-order valence-electron chi connectivity index (χ0n) is 12.1. The lowest BCUT2D eigenvalue weighted by Crippen LogP contribution is -2.33. The highest BCUT2D eigenvalue weighted by molar-refractivity contribution is 7.13. The highest BCUT2D eigenvalue weighted by Crippen LogP contribution is 2.25. The van der Waals surface area contributed by atoms with Crippen molar-refractivity contribution in [3.8, 4) is 10.6 Å². The number of nitrogens with zero attached hydrogens (tertiary/aromatic N) is 2. The van der Waals surface area contributed by atoms with Crippen LogP contribution < -0.4 is 5.56 Å². The predicted octanol–water partition coefficient (Wildman–Crippen LogP) is 3.00. The molecule has 0 saturated heterocycles. The number of hydrogen-bond acceptors (Lipinski definition) is 4. The van der Waals surface area contributed by atoms with E-state index in [0.29, 0.717) is 12.1 Å². The predicted molar refractivity (Wildman–Crippen MR) is 82.0 cm³/mol. The van der Waals surface area contributed by atoms with Gasteiger partial charge in [-0.05, 0) is 37.8 Å². The van der Waals surface area contributed by atoms with Crippen molar-refractivity contribution in [1.29, 1.82) is 0 Å². The van der Waals surface area contributed by atoms with Crippen molar-refractivity contribution in [1.82, 2.24) is 9.78 Å². The van der Waals surface area contributed by atoms with Gasteiger partial charge in [-0.1, -0.05) is 19.4 Å². The molecule has 4 nitrogen and oxygen atoms in total. The molecule has 0 bridgehead atoms. The normalized spacial score (nSPS) is 11.8. The van der Waals surface area contributed by atoms with Gasteiger partial charge in [0, 0.05) is 6.54 Å². The van der Waals surface area contributed by atoms with Crippen molar-refractivity contribution in [2.45, 2.75) is 45.8 Å². The molecule has 0 aliphatic rings. The molecule has 0 aromatic carbocycles. The fourth-order valence-electron chi connectivity index (χ4n) is 1.98. The van der Waals surface area contributed by atoms with Crippen molar-refractivity contribution >= 4 is 11.3 Å². The van der Waals surface area contributed by atoms with Crippen LogP contribution in [0.15, 0.2) is 28.4 Å². The third-order valence-corrected chi connectivity index (χ3v) is 4.02. The van der Waals surface area contributed by atoms with Crippen LogP contribution in [0.2, 0.25) is 0 Å². The maximum atomic E-state index is 12.4. The third kappa shape index (κ3) is 3.16. The molecule has 0 aliphatic heterocycles. The minimum Gasteiger partial charge on any atom is -0.386 e. The zero-order chi connectivity index (χ0) is 14.8. The summed E-state index contributed by atoms with van der Waals surface area (Å²) in [6.45, 7) is 5.92. The summed E-state index contributed by atoms with van der Waals surface area (Å²) >= 11 is 1.57. The van der Waals surface area contributed by atoms with Gasteiger partial charge in [-0.3, -0.25) is 4.79 Å². The highest BCUT2D eigenvalue weighted by Gasteiger charge is 2.23. The molecule has 0 unspecified atom stereocenters. The Bertz CT molecular complexity index is 624. The first-order valence-electron chi connectivity index (χ1n) is 6.82. The standard InChI is InChI=1S/C15H20N2O2S/c1-4-5-8-17-14(18)11(15(2,3)19)10-12(16-17)13-7-6-9-20-13/h6-7,9-10,19H,4-5,8H2,1-3H3. The lowest BCUT2D eigenvalue weighted by Gasteiger charge is -2.19. The van der Waals surface area contributed by atoms with Crippen LogP contribution in [0.3, 0.4) is 0 Å². The van der Waals surface area contributed by atoms with Crippen LogP contribution in [0, 0.1) is 0 Å². The Morgan fingerprint density at radius 3 is 2.75 bits per heavy atom. The van der Waals surface area contributed by atoms with Crippen molar-refractivity contribution in [3.05, 3.63) is 39.5 Å². The Labute approximate surface area is 122 Å². The van der Waals surface area contributed by atoms with E-state index in [-0.39, 0.29) is 5.56 Å². The lowest BCUT2D eigenvalue weighted by molar-refractivity contribution is 0.0761. The van der Waals surface area contributed by atoms with Gasteiger partial charge < -0.3 is 5.11 Å². The van der Waals surface area contributed by atoms with Crippen molar-refractivity contribution in [3.63, 3.8) is 0 Å². The Morgan fingerprint density at radius 1 is 1.45 bits per heavy atom. The summed E-state index contributed by atoms with van der Waals surface area (Å²) in [6.07, 6.45) is 1.89. The monoisotopic (exact) mass is 292 g/mol. The quantitative estimate of drug-likeness (QED) is 0.921. The minimum absolute atomic E-state index is 0.203. The Kier molecular flexibility index (Phi) is 4.40. The van der Waals surface area contributed by atoms with Gasteiger partial charge in [0.1, 0.15) is 5.69 Å². The fourth-order valence-corrected chi connectivity index (χ4v) is 2.67. The van der Waals surface area contributed by atoms with E-state index in [2.05, 4.69) is 12.0 Å². The van der Waals surface area contributed by atoms with Crippen LogP contribution in [0.5, 0.6) is 0 Å². The highest BCUT2D eigenvalue weighted by atomic mass is 32.1. The molecule has 5 heteroatoms. The molecule has 1 N–H and O–H groups in total. The van der Waals surface area contributed by atoms with Crippen LogP contribution in [0.4, 0.5) is 0 Å². The number of aliphatic hydroxyl groups is 1. The summed E-state index contributed by atoms with van der Waals surface area (Å²) in [5.74, 6) is 0. The summed E-state index contributed by atoms with van der Waals surface area (Å²) in [7, 11) is 0. The first kappa shape index (κ1) is 14.9. The fraction of sp³-hybridized carbons (Fsp3) is 0.467. The second-order valence-corrected chi connectivity index (χ2v) is 6.31. The average molecular weight is 292 g/mol. The van der Waals surface area contributed by atoms with E-state index in [1.54, 1.807) is 31.3 Å². The Morgan fingerprint density at radius 2 is 2.20 bits per heavy atom. The molecule has 0 fully saturated rings. The topological polar surface area (TPSA) is 55.1 Å². The smallest absolute Gasteiger partial charge is 0.272 e. The van der Waals surface area contributed by atoms with E-state index in [4.69, 9.17) is 0 Å². The van der Waals surface area contributed by atoms with Gasteiger partial charge in [0.2, 0.25) is 0 Å². The van der Waals surface area contributed by atoms with Crippen LogP contribution in [0.25, 0.3) is 10.6 Å². The van der Waals surface area contributed by atoms with E-state index >= 15 is 0 Å². The minimum atomic E-state index is -1.17. The number of hydrogen-bond donors (Lipinski definition) is 1. The molecule has 20 heavy (non-hydrogen) atoms. The van der Waals surface area contributed by atoms with Crippen molar-refractivity contribution in [2.24, 2.45) is 0 Å². The third-order valence-electron chi connectivity index (χ3n) is 3.13. The average Bonchev–Trinajstić information content (AvgIpc) is 2.90. The van der Waals surface area contributed by atoms with Gasteiger partial charge in [0.15, 0.2) is 0 Å². The van der Waals surface area contributed by atoms with Gasteiger partial charge >= 0.3 is 0 Å². The number of rotatable bonds is 5. The molecule has 2 aromatic rings.